The minimum absolute atomic E-state index is 0.0965. The number of amides is 1. The van der Waals surface area contributed by atoms with Crippen LogP contribution in [0.4, 0.5) is 0 Å². The van der Waals surface area contributed by atoms with Crippen LogP contribution in [0.5, 0.6) is 11.5 Å². The molecular weight excluding hydrogens is 374 g/mol. The molecule has 0 N–H and O–H groups in total. The van der Waals surface area contributed by atoms with Gasteiger partial charge in [-0.25, -0.2) is 0 Å². The van der Waals surface area contributed by atoms with Crippen LogP contribution in [0, 0.1) is 0 Å². The number of hydrogen-bond acceptors (Lipinski definition) is 3. The zero-order valence-electron chi connectivity index (χ0n) is 16.9. The third-order valence-electron chi connectivity index (χ3n) is 6.06. The molecule has 0 unspecified atom stereocenters. The second-order valence-electron chi connectivity index (χ2n) is 8.00. The van der Waals surface area contributed by atoms with Crippen molar-refractivity contribution >= 4 is 5.91 Å². The molecule has 1 saturated carbocycles. The van der Waals surface area contributed by atoms with Gasteiger partial charge in [-0.05, 0) is 53.8 Å². The number of ether oxygens (including phenoxy) is 2. The molecule has 0 aromatic heterocycles. The first-order valence-corrected chi connectivity index (χ1v) is 10.6. The second kappa shape index (κ2) is 8.23. The summed E-state index contributed by atoms with van der Waals surface area (Å²) in [4.78, 5) is 15.5. The summed E-state index contributed by atoms with van der Waals surface area (Å²) in [6.07, 6.45) is 4.50. The number of carbonyl (C=O) groups excluding carboxylic acids is 1. The average Bonchev–Trinajstić information content (AvgIpc) is 3.49. The highest BCUT2D eigenvalue weighted by molar-refractivity contribution is 5.95. The summed E-state index contributed by atoms with van der Waals surface area (Å²) in [6, 6.07) is 24.5. The van der Waals surface area contributed by atoms with Gasteiger partial charge in [0.05, 0.1) is 0 Å². The van der Waals surface area contributed by atoms with E-state index in [1.807, 2.05) is 65.6 Å². The molecule has 3 aromatic rings. The van der Waals surface area contributed by atoms with Gasteiger partial charge in [-0.15, -0.1) is 0 Å². The van der Waals surface area contributed by atoms with Gasteiger partial charge in [-0.2, -0.15) is 0 Å². The summed E-state index contributed by atoms with van der Waals surface area (Å²) in [5.41, 5.74) is 4.09. The van der Waals surface area contributed by atoms with Crippen LogP contribution in [-0.2, 0) is 6.54 Å². The zero-order chi connectivity index (χ0) is 20.3. The summed E-state index contributed by atoms with van der Waals surface area (Å²) in [6.45, 7) is 0.846. The molecule has 1 fully saturated rings. The molecule has 0 saturated heterocycles. The molecule has 0 spiro atoms. The zero-order valence-corrected chi connectivity index (χ0v) is 16.9. The van der Waals surface area contributed by atoms with E-state index < -0.39 is 0 Å². The van der Waals surface area contributed by atoms with E-state index >= 15 is 0 Å². The Balaban J connectivity index is 1.39. The summed E-state index contributed by atoms with van der Waals surface area (Å²) in [5.74, 6) is 1.63. The van der Waals surface area contributed by atoms with Crippen LogP contribution in [0.1, 0.15) is 41.6 Å². The molecule has 4 nitrogen and oxygen atoms in total. The van der Waals surface area contributed by atoms with E-state index in [-0.39, 0.29) is 18.7 Å². The van der Waals surface area contributed by atoms with Crippen LogP contribution in [-0.4, -0.2) is 23.6 Å². The molecule has 1 aliphatic carbocycles. The first kappa shape index (κ1) is 18.7. The van der Waals surface area contributed by atoms with Crippen molar-refractivity contribution in [3.8, 4) is 22.6 Å². The summed E-state index contributed by atoms with van der Waals surface area (Å²) < 4.78 is 10.9. The van der Waals surface area contributed by atoms with E-state index in [0.717, 1.165) is 46.6 Å². The number of hydrogen-bond donors (Lipinski definition) is 0. The van der Waals surface area contributed by atoms with Crippen molar-refractivity contribution in [2.24, 2.45) is 0 Å². The quantitative estimate of drug-likeness (QED) is 0.555. The lowest BCUT2D eigenvalue weighted by atomic mass is 10.0. The van der Waals surface area contributed by atoms with Crippen molar-refractivity contribution in [3.05, 3.63) is 83.9 Å². The standard InChI is InChI=1S/C26H25NO3/c28-26(22-13-11-21(12-14-22)20-6-2-1-3-7-20)27(23-8-4-5-9-23)17-19-10-15-24-25(16-19)30-18-29-24/h1-3,6-7,10-16,23H,4-5,8-9,17-18H2. The maximum absolute atomic E-state index is 13.5. The summed E-state index contributed by atoms with van der Waals surface area (Å²) >= 11 is 0. The van der Waals surface area contributed by atoms with E-state index in [1.54, 1.807) is 0 Å². The Bertz CT molecular complexity index is 1020. The molecule has 0 radical (unpaired) electrons. The predicted molar refractivity (Wildman–Crippen MR) is 117 cm³/mol. The van der Waals surface area contributed by atoms with Gasteiger partial charge in [0.2, 0.25) is 6.79 Å². The first-order chi connectivity index (χ1) is 14.8. The Hall–Kier alpha value is -3.27. The third-order valence-corrected chi connectivity index (χ3v) is 6.06. The van der Waals surface area contributed by atoms with Crippen molar-refractivity contribution in [3.63, 3.8) is 0 Å². The Morgan fingerprint density at radius 3 is 2.30 bits per heavy atom. The topological polar surface area (TPSA) is 38.8 Å². The molecule has 0 bridgehead atoms. The minimum Gasteiger partial charge on any atom is -0.454 e. The molecule has 1 heterocycles. The fraction of sp³-hybridized carbons (Fsp3) is 0.269. The van der Waals surface area contributed by atoms with Crippen molar-refractivity contribution < 1.29 is 14.3 Å². The smallest absolute Gasteiger partial charge is 0.254 e. The van der Waals surface area contributed by atoms with Crippen molar-refractivity contribution in [2.45, 2.75) is 38.3 Å². The number of rotatable bonds is 5. The van der Waals surface area contributed by atoms with Gasteiger partial charge in [0.1, 0.15) is 0 Å². The molecule has 3 aromatic carbocycles. The largest absolute Gasteiger partial charge is 0.454 e. The lowest BCUT2D eigenvalue weighted by Crippen LogP contribution is -2.38. The van der Waals surface area contributed by atoms with Gasteiger partial charge >= 0.3 is 0 Å². The average molecular weight is 399 g/mol. The Morgan fingerprint density at radius 2 is 1.53 bits per heavy atom. The van der Waals surface area contributed by atoms with Gasteiger partial charge in [-0.3, -0.25) is 4.79 Å². The highest BCUT2D eigenvalue weighted by Gasteiger charge is 2.28. The van der Waals surface area contributed by atoms with Gasteiger partial charge in [0.15, 0.2) is 11.5 Å². The van der Waals surface area contributed by atoms with Crippen LogP contribution >= 0.6 is 0 Å². The molecular formula is C26H25NO3. The fourth-order valence-electron chi connectivity index (χ4n) is 4.42. The lowest BCUT2D eigenvalue weighted by molar-refractivity contribution is 0.0664. The lowest BCUT2D eigenvalue weighted by Gasteiger charge is -2.29. The van der Waals surface area contributed by atoms with Crippen molar-refractivity contribution in [1.82, 2.24) is 4.90 Å². The SMILES string of the molecule is O=C(c1ccc(-c2ccccc2)cc1)N(Cc1ccc2c(c1)OCO2)C1CCCC1. The number of carbonyl (C=O) groups is 1. The van der Waals surface area contributed by atoms with Crippen LogP contribution in [0.25, 0.3) is 11.1 Å². The highest BCUT2D eigenvalue weighted by atomic mass is 16.7. The number of benzene rings is 3. The van der Waals surface area contributed by atoms with E-state index in [2.05, 4.69) is 12.1 Å². The Labute approximate surface area is 177 Å². The summed E-state index contributed by atoms with van der Waals surface area (Å²) in [7, 11) is 0. The molecule has 1 amide bonds. The van der Waals surface area contributed by atoms with Crippen molar-refractivity contribution in [1.29, 1.82) is 0 Å². The third kappa shape index (κ3) is 3.78. The van der Waals surface area contributed by atoms with Gasteiger partial charge < -0.3 is 14.4 Å². The van der Waals surface area contributed by atoms with Gasteiger partial charge in [-0.1, -0.05) is 61.4 Å². The monoisotopic (exact) mass is 399 g/mol. The molecule has 5 rings (SSSR count). The van der Waals surface area contributed by atoms with Crippen LogP contribution in [0.3, 0.4) is 0 Å². The molecule has 1 aliphatic heterocycles. The molecule has 152 valence electrons. The van der Waals surface area contributed by atoms with Gasteiger partial charge in [0.25, 0.3) is 5.91 Å². The molecule has 2 aliphatic rings. The van der Waals surface area contributed by atoms with Crippen LogP contribution in [0.15, 0.2) is 72.8 Å². The van der Waals surface area contributed by atoms with Crippen molar-refractivity contribution in [2.75, 3.05) is 6.79 Å². The Morgan fingerprint density at radius 1 is 0.833 bits per heavy atom. The molecule has 0 atom stereocenters. The van der Waals surface area contributed by atoms with E-state index in [9.17, 15) is 4.79 Å². The Kier molecular flexibility index (Phi) is 5.14. The fourth-order valence-corrected chi connectivity index (χ4v) is 4.42. The minimum atomic E-state index is 0.0965. The molecule has 4 heteroatoms. The summed E-state index contributed by atoms with van der Waals surface area (Å²) in [5, 5.41) is 0. The van der Waals surface area contributed by atoms with Crippen LogP contribution < -0.4 is 9.47 Å². The maximum Gasteiger partial charge on any atom is 0.254 e. The van der Waals surface area contributed by atoms with Gasteiger partial charge in [0, 0.05) is 18.2 Å². The normalized spacial score (nSPS) is 15.3. The van der Waals surface area contributed by atoms with E-state index in [1.165, 1.54) is 12.8 Å². The van der Waals surface area contributed by atoms with E-state index in [4.69, 9.17) is 9.47 Å². The van der Waals surface area contributed by atoms with E-state index in [0.29, 0.717) is 6.54 Å². The molecule has 30 heavy (non-hydrogen) atoms. The second-order valence-corrected chi connectivity index (χ2v) is 8.00. The number of fused-ring (bicyclic) bond motifs is 1. The predicted octanol–water partition coefficient (Wildman–Crippen LogP) is 5.67. The van der Waals surface area contributed by atoms with Crippen LogP contribution in [0.2, 0.25) is 0 Å². The first-order valence-electron chi connectivity index (χ1n) is 10.6. The maximum atomic E-state index is 13.5. The highest BCUT2D eigenvalue weighted by Crippen LogP contribution is 2.34. The number of nitrogens with zero attached hydrogens (tertiary/aromatic N) is 1.